The van der Waals surface area contributed by atoms with Crippen LogP contribution in [0.25, 0.3) is 17.0 Å². The molecule has 0 unspecified atom stereocenters. The predicted molar refractivity (Wildman–Crippen MR) is 52.3 cm³/mol. The summed E-state index contributed by atoms with van der Waals surface area (Å²) in [5.41, 5.74) is 1.96. The van der Waals surface area contributed by atoms with Gasteiger partial charge in [-0.05, 0) is 23.8 Å². The van der Waals surface area contributed by atoms with Gasteiger partial charge in [0.2, 0.25) is 0 Å². The largest absolute Gasteiger partial charge is 0.464 e. The first-order valence-electron chi connectivity index (χ1n) is 4.15. The third kappa shape index (κ3) is 1.63. The average Bonchev–Trinajstić information content (AvgIpc) is 2.61. The van der Waals surface area contributed by atoms with Crippen LogP contribution in [0.2, 0.25) is 0 Å². The molecule has 0 atom stereocenters. The van der Waals surface area contributed by atoms with E-state index in [4.69, 9.17) is 9.52 Å². The van der Waals surface area contributed by atoms with Crippen molar-refractivity contribution in [2.24, 2.45) is 0 Å². The quantitative estimate of drug-likeness (QED) is 0.758. The minimum Gasteiger partial charge on any atom is -0.464 e. The van der Waals surface area contributed by atoms with Crippen molar-refractivity contribution >= 4 is 17.0 Å². The van der Waals surface area contributed by atoms with Gasteiger partial charge in [0, 0.05) is 5.39 Å². The first-order valence-corrected chi connectivity index (χ1v) is 4.15. The Bertz CT molecular complexity index is 426. The standard InChI is InChI=1S/C11H10O2/c12-6-1-2-9-3-4-11-10(8-9)5-7-13-11/h1-5,7-8,12H,6H2. The van der Waals surface area contributed by atoms with Gasteiger partial charge < -0.3 is 9.52 Å². The average molecular weight is 174 g/mol. The van der Waals surface area contributed by atoms with E-state index >= 15 is 0 Å². The summed E-state index contributed by atoms with van der Waals surface area (Å²) < 4.78 is 5.20. The fraction of sp³-hybridized carbons (Fsp3) is 0.0909. The monoisotopic (exact) mass is 174 g/mol. The van der Waals surface area contributed by atoms with Gasteiger partial charge in [-0.2, -0.15) is 0 Å². The van der Waals surface area contributed by atoms with E-state index in [0.717, 1.165) is 16.5 Å². The second-order valence-corrected chi connectivity index (χ2v) is 2.80. The minimum atomic E-state index is 0.0728. The summed E-state index contributed by atoms with van der Waals surface area (Å²) in [6.45, 7) is 0.0728. The maximum Gasteiger partial charge on any atom is 0.133 e. The Morgan fingerprint density at radius 1 is 1.31 bits per heavy atom. The SMILES string of the molecule is OCC=Cc1ccc2occc2c1. The Labute approximate surface area is 76.1 Å². The molecule has 0 fully saturated rings. The normalized spacial score (nSPS) is 11.5. The minimum absolute atomic E-state index is 0.0728. The van der Waals surface area contributed by atoms with Crippen molar-refractivity contribution in [3.8, 4) is 0 Å². The van der Waals surface area contributed by atoms with Crippen molar-refractivity contribution < 1.29 is 9.52 Å². The molecule has 66 valence electrons. The van der Waals surface area contributed by atoms with E-state index in [9.17, 15) is 0 Å². The third-order valence-electron chi connectivity index (χ3n) is 1.89. The molecule has 0 aliphatic rings. The molecule has 0 aliphatic carbocycles. The molecule has 0 radical (unpaired) electrons. The molecule has 1 heterocycles. The first-order chi connectivity index (χ1) is 6.40. The Kier molecular flexibility index (Phi) is 2.15. The molecule has 1 N–H and O–H groups in total. The molecule has 2 aromatic rings. The summed E-state index contributed by atoms with van der Waals surface area (Å²) in [5.74, 6) is 0. The second kappa shape index (κ2) is 3.46. The molecule has 2 heteroatoms. The van der Waals surface area contributed by atoms with E-state index < -0.39 is 0 Å². The van der Waals surface area contributed by atoms with Crippen molar-refractivity contribution in [1.82, 2.24) is 0 Å². The third-order valence-corrected chi connectivity index (χ3v) is 1.89. The number of aliphatic hydroxyl groups excluding tert-OH is 1. The van der Waals surface area contributed by atoms with Gasteiger partial charge in [-0.1, -0.05) is 18.2 Å². The Morgan fingerprint density at radius 2 is 2.23 bits per heavy atom. The lowest BCUT2D eigenvalue weighted by molar-refractivity contribution is 0.343. The molecule has 13 heavy (non-hydrogen) atoms. The topological polar surface area (TPSA) is 33.4 Å². The van der Waals surface area contributed by atoms with Crippen LogP contribution in [-0.4, -0.2) is 11.7 Å². The van der Waals surface area contributed by atoms with Crippen LogP contribution in [0.3, 0.4) is 0 Å². The van der Waals surface area contributed by atoms with Gasteiger partial charge >= 0.3 is 0 Å². The molecule has 2 nitrogen and oxygen atoms in total. The van der Waals surface area contributed by atoms with Crippen LogP contribution in [-0.2, 0) is 0 Å². The van der Waals surface area contributed by atoms with Crippen LogP contribution in [0, 0.1) is 0 Å². The Morgan fingerprint density at radius 3 is 3.08 bits per heavy atom. The molecule has 0 saturated carbocycles. The smallest absolute Gasteiger partial charge is 0.133 e. The number of furan rings is 1. The lowest BCUT2D eigenvalue weighted by atomic mass is 10.1. The van der Waals surface area contributed by atoms with Crippen molar-refractivity contribution in [3.05, 3.63) is 42.2 Å². The summed E-state index contributed by atoms with van der Waals surface area (Å²) in [7, 11) is 0. The van der Waals surface area contributed by atoms with Gasteiger partial charge in [0.25, 0.3) is 0 Å². The first kappa shape index (κ1) is 8.08. The zero-order chi connectivity index (χ0) is 9.10. The molecule has 0 bridgehead atoms. The van der Waals surface area contributed by atoms with Gasteiger partial charge in [0.1, 0.15) is 5.58 Å². The van der Waals surface area contributed by atoms with E-state index in [1.54, 1.807) is 12.3 Å². The van der Waals surface area contributed by atoms with Crippen LogP contribution in [0.5, 0.6) is 0 Å². The fourth-order valence-corrected chi connectivity index (χ4v) is 1.28. The Hall–Kier alpha value is -1.54. The molecule has 0 amide bonds. The van der Waals surface area contributed by atoms with Crippen molar-refractivity contribution in [2.45, 2.75) is 0 Å². The summed E-state index contributed by atoms with van der Waals surface area (Å²) >= 11 is 0. The zero-order valence-corrected chi connectivity index (χ0v) is 7.10. The van der Waals surface area contributed by atoms with E-state index in [1.165, 1.54) is 0 Å². The van der Waals surface area contributed by atoms with Crippen molar-refractivity contribution in [2.75, 3.05) is 6.61 Å². The van der Waals surface area contributed by atoms with Crippen molar-refractivity contribution in [3.63, 3.8) is 0 Å². The second-order valence-electron chi connectivity index (χ2n) is 2.80. The van der Waals surface area contributed by atoms with Gasteiger partial charge in [-0.15, -0.1) is 0 Å². The Balaban J connectivity index is 2.42. The number of hydrogen-bond acceptors (Lipinski definition) is 2. The molecule has 2 rings (SSSR count). The number of aliphatic hydroxyl groups is 1. The predicted octanol–water partition coefficient (Wildman–Crippen LogP) is 2.44. The van der Waals surface area contributed by atoms with Crippen LogP contribution in [0.1, 0.15) is 5.56 Å². The molecular formula is C11H10O2. The molecule has 0 saturated heterocycles. The van der Waals surface area contributed by atoms with E-state index in [-0.39, 0.29) is 6.61 Å². The van der Waals surface area contributed by atoms with Gasteiger partial charge in [-0.25, -0.2) is 0 Å². The van der Waals surface area contributed by atoms with Crippen molar-refractivity contribution in [1.29, 1.82) is 0 Å². The van der Waals surface area contributed by atoms with Crippen LogP contribution < -0.4 is 0 Å². The lowest BCUT2D eigenvalue weighted by Crippen LogP contribution is -1.73. The highest BCUT2D eigenvalue weighted by molar-refractivity contribution is 5.79. The number of rotatable bonds is 2. The van der Waals surface area contributed by atoms with Gasteiger partial charge in [0.15, 0.2) is 0 Å². The highest BCUT2D eigenvalue weighted by Crippen LogP contribution is 2.17. The summed E-state index contributed by atoms with van der Waals surface area (Å²) in [6, 6.07) is 7.82. The summed E-state index contributed by atoms with van der Waals surface area (Å²) in [6.07, 6.45) is 5.26. The highest BCUT2D eigenvalue weighted by atomic mass is 16.3. The van der Waals surface area contributed by atoms with E-state index in [0.29, 0.717) is 0 Å². The maximum atomic E-state index is 8.60. The zero-order valence-electron chi connectivity index (χ0n) is 7.10. The number of hydrogen-bond donors (Lipinski definition) is 1. The summed E-state index contributed by atoms with van der Waals surface area (Å²) in [5, 5.41) is 9.68. The maximum absolute atomic E-state index is 8.60. The van der Waals surface area contributed by atoms with Crippen LogP contribution in [0.4, 0.5) is 0 Å². The number of benzene rings is 1. The molecule has 1 aromatic heterocycles. The van der Waals surface area contributed by atoms with Crippen LogP contribution >= 0.6 is 0 Å². The van der Waals surface area contributed by atoms with E-state index in [1.807, 2.05) is 30.3 Å². The molecule has 0 spiro atoms. The van der Waals surface area contributed by atoms with Crippen LogP contribution in [0.15, 0.2) is 41.0 Å². The molecule has 1 aromatic carbocycles. The lowest BCUT2D eigenvalue weighted by Gasteiger charge is -1.92. The van der Waals surface area contributed by atoms with Gasteiger partial charge in [-0.3, -0.25) is 0 Å². The van der Waals surface area contributed by atoms with Gasteiger partial charge in [0.05, 0.1) is 12.9 Å². The fourth-order valence-electron chi connectivity index (χ4n) is 1.28. The highest BCUT2D eigenvalue weighted by Gasteiger charge is 1.95. The number of fused-ring (bicyclic) bond motifs is 1. The summed E-state index contributed by atoms with van der Waals surface area (Å²) in [4.78, 5) is 0. The molecule has 0 aliphatic heterocycles. The molecular weight excluding hydrogens is 164 g/mol. The van der Waals surface area contributed by atoms with E-state index in [2.05, 4.69) is 0 Å².